The maximum atomic E-state index is 3.25. The van der Waals surface area contributed by atoms with Crippen molar-refractivity contribution in [3.05, 3.63) is 6.92 Å². The molecule has 0 aliphatic rings. The minimum atomic E-state index is 0. The summed E-state index contributed by atoms with van der Waals surface area (Å²) < 4.78 is 0. The van der Waals surface area contributed by atoms with Gasteiger partial charge in [0.15, 0.2) is 0 Å². The van der Waals surface area contributed by atoms with Crippen LogP contribution in [-0.4, -0.2) is 37.7 Å². The molecule has 0 amide bonds. The van der Waals surface area contributed by atoms with Crippen LogP contribution in [0, 0.1) is 6.92 Å². The summed E-state index contributed by atoms with van der Waals surface area (Å²) in [4.78, 5) is 0. The van der Waals surface area contributed by atoms with Crippen molar-refractivity contribution in [1.82, 2.24) is 0 Å². The van der Waals surface area contributed by atoms with Crippen molar-refractivity contribution >= 4 is 37.7 Å². The quantitative estimate of drug-likeness (QED) is 0.307. The number of rotatable bonds is 0. The van der Waals surface area contributed by atoms with Crippen LogP contribution in [0.3, 0.4) is 0 Å². The zero-order chi connectivity index (χ0) is 2.00. The van der Waals surface area contributed by atoms with E-state index in [0.717, 1.165) is 0 Å². The smallest absolute Gasteiger partial charge is 1.00 e. The molecule has 1 heteroatoms. The molecule has 0 unspecified atom stereocenters. The van der Waals surface area contributed by atoms with E-state index in [1.54, 1.807) is 6.92 Å². The summed E-state index contributed by atoms with van der Waals surface area (Å²) in [5.74, 6) is 0. The molecule has 0 aliphatic carbocycles. The van der Waals surface area contributed by atoms with Crippen LogP contribution in [0.2, 0.25) is 0 Å². The largest absolute Gasteiger partial charge is 2.00 e. The minimum absolute atomic E-state index is 0. The van der Waals surface area contributed by atoms with Crippen LogP contribution < -0.4 is 0 Å². The summed E-state index contributed by atoms with van der Waals surface area (Å²) in [5, 5.41) is 0. The zero-order valence-corrected chi connectivity index (χ0v) is 4.62. The summed E-state index contributed by atoms with van der Waals surface area (Å²) in [7, 11) is 0. The third-order valence-corrected chi connectivity index (χ3v) is 0. The van der Waals surface area contributed by atoms with Gasteiger partial charge in [0.25, 0.3) is 0 Å². The molecule has 0 aromatic heterocycles. The molecule has 24 valence electrons. The van der Waals surface area contributed by atoms with E-state index in [9.17, 15) is 0 Å². The maximum absolute atomic E-state index is 3.25. The second-order valence-corrected chi connectivity index (χ2v) is 0. The second-order valence-electron chi connectivity index (χ2n) is 0. The van der Waals surface area contributed by atoms with Crippen molar-refractivity contribution in [3.63, 3.8) is 0 Å². The molecule has 0 heterocycles. The van der Waals surface area contributed by atoms with Crippen LogP contribution in [-0.2, 0) is 0 Å². The molecule has 0 aromatic carbocycles. The average Bonchev–Trinajstić information content (AvgIpc) is 1.00. The molecule has 0 saturated carbocycles. The van der Waals surface area contributed by atoms with Gasteiger partial charge in [0.1, 0.15) is 0 Å². The van der Waals surface area contributed by atoms with E-state index in [0.29, 0.717) is 0 Å². The van der Waals surface area contributed by atoms with Crippen molar-refractivity contribution < 1.29 is 1.43 Å². The molecule has 0 rings (SSSR count). The van der Waals surface area contributed by atoms with Crippen molar-refractivity contribution in [1.29, 1.82) is 0 Å². The molecule has 0 atom stereocenters. The van der Waals surface area contributed by atoms with Crippen LogP contribution in [0.1, 0.15) is 15.8 Å². The van der Waals surface area contributed by atoms with Gasteiger partial charge in [-0.1, -0.05) is 7.43 Å². The molecule has 0 aliphatic heterocycles. The first-order valence-corrected chi connectivity index (χ1v) is 0.707. The van der Waals surface area contributed by atoms with Gasteiger partial charge in [-0.3, -0.25) is 0 Å². The third kappa shape index (κ3) is 10.5. The number of hydrogen-bond acceptors (Lipinski definition) is 0. The van der Waals surface area contributed by atoms with Crippen molar-refractivity contribution in [2.24, 2.45) is 0 Å². The van der Waals surface area contributed by atoms with Crippen LogP contribution in [0.15, 0.2) is 0 Å². The zero-order valence-electron chi connectivity index (χ0n) is 3.41. The Morgan fingerprint density at radius 2 is 1.50 bits per heavy atom. The molecule has 0 bridgehead atoms. The first kappa shape index (κ1) is 18.7. The van der Waals surface area contributed by atoms with Gasteiger partial charge in [-0.2, -0.15) is 6.92 Å². The Kier molecular flexibility index (Phi) is 133. The summed E-state index contributed by atoms with van der Waals surface area (Å²) in [6, 6.07) is 0. The fourth-order valence-electron chi connectivity index (χ4n) is 0. The van der Waals surface area contributed by atoms with E-state index in [1.165, 1.54) is 0 Å². The molecule has 0 spiro atoms. The Hall–Kier alpha value is 1.26. The molecule has 0 N–H and O–H groups in total. The predicted molar refractivity (Wildman–Crippen MR) is 24.6 cm³/mol. The monoisotopic (exact) mass is 86.0 g/mol. The SMILES string of the molecule is C.[CH2-]C.[Ca+2].[H-]. The van der Waals surface area contributed by atoms with Crippen molar-refractivity contribution in [2.45, 2.75) is 14.4 Å². The minimum Gasteiger partial charge on any atom is -1.00 e. The van der Waals surface area contributed by atoms with E-state index < -0.39 is 0 Å². The van der Waals surface area contributed by atoms with Crippen LogP contribution in [0.4, 0.5) is 0 Å². The fourth-order valence-corrected chi connectivity index (χ4v) is 0. The first-order valence-electron chi connectivity index (χ1n) is 0.707. The van der Waals surface area contributed by atoms with E-state index in [-0.39, 0.29) is 46.6 Å². The number of hydrogen-bond donors (Lipinski definition) is 0. The Morgan fingerprint density at radius 1 is 1.50 bits per heavy atom. The van der Waals surface area contributed by atoms with E-state index in [1.807, 2.05) is 0 Å². The van der Waals surface area contributed by atoms with Crippen molar-refractivity contribution in [2.75, 3.05) is 0 Å². The van der Waals surface area contributed by atoms with Gasteiger partial charge < -0.3 is 8.35 Å². The average molecular weight is 86.2 g/mol. The molecule has 0 fully saturated rings. The molecule has 0 saturated heterocycles. The summed E-state index contributed by atoms with van der Waals surface area (Å²) in [5.41, 5.74) is 0. The van der Waals surface area contributed by atoms with Gasteiger partial charge >= 0.3 is 37.7 Å². The van der Waals surface area contributed by atoms with E-state index >= 15 is 0 Å². The van der Waals surface area contributed by atoms with Crippen LogP contribution >= 0.6 is 0 Å². The third-order valence-electron chi connectivity index (χ3n) is 0. The standard InChI is InChI=1S/C2H5.CH4.Ca.H/c1-2;;;/h1H2,2H3;1H4;;/q-1;;+2;-1. The van der Waals surface area contributed by atoms with Gasteiger partial charge in [0.2, 0.25) is 0 Å². The molecule has 0 nitrogen and oxygen atoms in total. The van der Waals surface area contributed by atoms with Crippen molar-refractivity contribution in [3.8, 4) is 0 Å². The topological polar surface area (TPSA) is 0 Å². The fraction of sp³-hybridized carbons (Fsp3) is 0.667. The Balaban J connectivity index is -0.00000000167. The summed E-state index contributed by atoms with van der Waals surface area (Å²) >= 11 is 0. The first-order chi connectivity index (χ1) is 1.00. The van der Waals surface area contributed by atoms with Gasteiger partial charge in [-0.15, -0.1) is 0 Å². The van der Waals surface area contributed by atoms with Crippen LogP contribution in [0.25, 0.3) is 0 Å². The Morgan fingerprint density at radius 3 is 1.50 bits per heavy atom. The maximum Gasteiger partial charge on any atom is 2.00 e. The Labute approximate surface area is 60.1 Å². The molecular weight excluding hydrogens is 76.1 g/mol. The van der Waals surface area contributed by atoms with Gasteiger partial charge in [-0.25, -0.2) is 0 Å². The Bertz CT molecular complexity index is 6.85. The van der Waals surface area contributed by atoms with Gasteiger partial charge in [-0.05, 0) is 0 Å². The van der Waals surface area contributed by atoms with E-state index in [2.05, 4.69) is 6.92 Å². The summed E-state index contributed by atoms with van der Waals surface area (Å²) in [6.45, 7) is 5.00. The van der Waals surface area contributed by atoms with Crippen LogP contribution in [0.5, 0.6) is 0 Å². The molecule has 0 radical (unpaired) electrons. The second kappa shape index (κ2) is 28.5. The summed E-state index contributed by atoms with van der Waals surface area (Å²) in [6.07, 6.45) is 0. The predicted octanol–water partition coefficient (Wildman–Crippen LogP) is 1.21. The molecule has 4 heavy (non-hydrogen) atoms. The molecular formula is C3H10Ca. The normalized spacial score (nSPS) is 1.50. The van der Waals surface area contributed by atoms with Gasteiger partial charge in [0, 0.05) is 0 Å². The molecule has 0 aromatic rings. The van der Waals surface area contributed by atoms with Gasteiger partial charge in [0.05, 0.1) is 0 Å². The van der Waals surface area contributed by atoms with E-state index in [4.69, 9.17) is 0 Å².